The van der Waals surface area contributed by atoms with Crippen molar-refractivity contribution in [2.75, 3.05) is 12.0 Å². The van der Waals surface area contributed by atoms with E-state index in [4.69, 9.17) is 4.74 Å². The van der Waals surface area contributed by atoms with Gasteiger partial charge in [-0.2, -0.15) is 11.8 Å². The number of rotatable bonds is 11. The van der Waals surface area contributed by atoms with Crippen LogP contribution < -0.4 is 10.6 Å². The fraction of sp³-hybridized carbons (Fsp3) is 0.710. The Kier molecular flexibility index (Phi) is 12.2. The van der Waals surface area contributed by atoms with Crippen LogP contribution in [-0.4, -0.2) is 58.0 Å². The van der Waals surface area contributed by atoms with Gasteiger partial charge in [-0.15, -0.1) is 0 Å². The first-order valence-electron chi connectivity index (χ1n) is 14.4. The molecule has 220 valence electrons. The molecule has 0 aromatic heterocycles. The highest BCUT2D eigenvalue weighted by Gasteiger charge is 2.43. The van der Waals surface area contributed by atoms with Crippen molar-refractivity contribution in [2.45, 2.75) is 130 Å². The van der Waals surface area contributed by atoms with Crippen molar-refractivity contribution in [1.82, 2.24) is 15.5 Å². The third kappa shape index (κ3) is 9.73. The summed E-state index contributed by atoms with van der Waals surface area (Å²) in [6, 6.07) is 4.44. The summed E-state index contributed by atoms with van der Waals surface area (Å²) in [6.07, 6.45) is 7.69. The fourth-order valence-corrected chi connectivity index (χ4v) is 5.41. The zero-order chi connectivity index (χ0) is 29.4. The molecule has 1 aromatic rings. The molecule has 39 heavy (non-hydrogen) atoms. The van der Waals surface area contributed by atoms with E-state index in [0.717, 1.165) is 42.4 Å². The van der Waals surface area contributed by atoms with E-state index in [1.807, 2.05) is 59.1 Å². The smallest absolute Gasteiger partial charge is 0.408 e. The van der Waals surface area contributed by atoms with Crippen molar-refractivity contribution < 1.29 is 19.1 Å². The number of carbonyl (C=O) groups excluding carboxylic acids is 3. The summed E-state index contributed by atoms with van der Waals surface area (Å²) in [7, 11) is 0. The number of carbonyl (C=O) groups is 3. The van der Waals surface area contributed by atoms with E-state index in [-0.39, 0.29) is 17.9 Å². The van der Waals surface area contributed by atoms with E-state index in [9.17, 15) is 14.4 Å². The van der Waals surface area contributed by atoms with Crippen LogP contribution in [0.25, 0.3) is 0 Å². The van der Waals surface area contributed by atoms with E-state index >= 15 is 0 Å². The van der Waals surface area contributed by atoms with Crippen molar-refractivity contribution in [3.8, 4) is 0 Å². The van der Waals surface area contributed by atoms with E-state index in [0.29, 0.717) is 18.6 Å². The van der Waals surface area contributed by atoms with Gasteiger partial charge < -0.3 is 20.3 Å². The second kappa shape index (κ2) is 14.4. The number of nitrogens with one attached hydrogen (secondary N) is 2. The van der Waals surface area contributed by atoms with Crippen LogP contribution in [0, 0.1) is 13.8 Å². The molecule has 1 aliphatic carbocycles. The van der Waals surface area contributed by atoms with Crippen molar-refractivity contribution in [3.05, 3.63) is 34.9 Å². The Hall–Kier alpha value is -2.22. The van der Waals surface area contributed by atoms with Crippen molar-refractivity contribution in [1.29, 1.82) is 0 Å². The Morgan fingerprint density at radius 1 is 1.05 bits per heavy atom. The van der Waals surface area contributed by atoms with Crippen LogP contribution in [0.3, 0.4) is 0 Å². The lowest BCUT2D eigenvalue weighted by molar-refractivity contribution is -0.149. The first-order chi connectivity index (χ1) is 18.2. The first kappa shape index (κ1) is 33.0. The van der Waals surface area contributed by atoms with Crippen LogP contribution in [0.2, 0.25) is 0 Å². The maximum absolute atomic E-state index is 14.5. The number of ether oxygens (including phenoxy) is 1. The van der Waals surface area contributed by atoms with Gasteiger partial charge in [0, 0.05) is 11.6 Å². The molecule has 0 bridgehead atoms. The molecule has 0 aliphatic heterocycles. The molecule has 0 spiro atoms. The average molecular weight is 562 g/mol. The lowest BCUT2D eigenvalue weighted by Gasteiger charge is -2.45. The number of aryl methyl sites for hydroxylation is 2. The quantitative estimate of drug-likeness (QED) is 0.324. The number of hydrogen-bond donors (Lipinski definition) is 2. The van der Waals surface area contributed by atoms with Gasteiger partial charge in [0.15, 0.2) is 0 Å². The number of thioether (sulfide) groups is 1. The van der Waals surface area contributed by atoms with Crippen LogP contribution in [0.5, 0.6) is 0 Å². The molecule has 0 radical (unpaired) electrons. The average Bonchev–Trinajstić information content (AvgIpc) is 2.85. The zero-order valence-corrected chi connectivity index (χ0v) is 26.4. The molecule has 2 rings (SSSR count). The molecule has 1 aromatic carbocycles. The maximum Gasteiger partial charge on any atom is 0.408 e. The topological polar surface area (TPSA) is 87.7 Å². The number of benzene rings is 1. The van der Waals surface area contributed by atoms with Gasteiger partial charge in [-0.1, -0.05) is 44.4 Å². The highest BCUT2D eigenvalue weighted by atomic mass is 32.2. The normalized spacial score (nSPS) is 16.2. The Morgan fingerprint density at radius 3 is 2.23 bits per heavy atom. The lowest BCUT2D eigenvalue weighted by atomic mass is 9.90. The van der Waals surface area contributed by atoms with E-state index in [2.05, 4.69) is 10.6 Å². The van der Waals surface area contributed by atoms with E-state index < -0.39 is 29.3 Å². The van der Waals surface area contributed by atoms with Crippen molar-refractivity contribution in [3.63, 3.8) is 0 Å². The Bertz CT molecular complexity index is 983. The van der Waals surface area contributed by atoms with Gasteiger partial charge in [0.05, 0.1) is 0 Å². The van der Waals surface area contributed by atoms with Gasteiger partial charge in [0.1, 0.15) is 17.7 Å². The molecular formula is C31H51N3O4S. The maximum atomic E-state index is 14.5. The zero-order valence-electron chi connectivity index (χ0n) is 25.6. The summed E-state index contributed by atoms with van der Waals surface area (Å²) in [5, 5.41) is 6.12. The van der Waals surface area contributed by atoms with Crippen LogP contribution in [0.4, 0.5) is 4.79 Å². The fourth-order valence-electron chi connectivity index (χ4n) is 4.94. The minimum absolute atomic E-state index is 0.106. The molecule has 7 nitrogen and oxygen atoms in total. The number of nitrogens with zero attached hydrogens (tertiary/aromatic N) is 1. The molecule has 2 atom stereocenters. The largest absolute Gasteiger partial charge is 0.444 e. The Labute approximate surface area is 240 Å². The van der Waals surface area contributed by atoms with Crippen molar-refractivity contribution in [2.24, 2.45) is 0 Å². The van der Waals surface area contributed by atoms with Gasteiger partial charge in [-0.3, -0.25) is 9.59 Å². The summed E-state index contributed by atoms with van der Waals surface area (Å²) in [4.78, 5) is 43.2. The minimum atomic E-state index is -0.828. The standard InChI is InChI=1S/C31H51N3O4S/c1-10-31(7,8)34(28(36)25(18-19-39-9)33-29(37)38-30(4,5)6)26(23-17-16-21(2)22(3)20-23)27(35)32-24-14-12-11-13-15-24/h16-17,20,24-26H,10-15,18-19H2,1-9H3,(H,32,35)(H,33,37). The van der Waals surface area contributed by atoms with Gasteiger partial charge in [-0.25, -0.2) is 4.79 Å². The molecule has 2 unspecified atom stereocenters. The molecular weight excluding hydrogens is 510 g/mol. The SMILES string of the molecule is CCC(C)(C)N(C(=O)C(CCSC)NC(=O)OC(C)(C)C)C(C(=O)NC1CCCCC1)c1ccc(C)c(C)c1. The first-order valence-corrected chi connectivity index (χ1v) is 15.8. The van der Waals surface area contributed by atoms with Gasteiger partial charge in [0.25, 0.3) is 0 Å². The molecule has 8 heteroatoms. The number of amides is 3. The molecule has 1 saturated carbocycles. The highest BCUT2D eigenvalue weighted by molar-refractivity contribution is 7.98. The molecule has 0 heterocycles. The monoisotopic (exact) mass is 561 g/mol. The molecule has 2 N–H and O–H groups in total. The number of alkyl carbamates (subject to hydrolysis) is 1. The molecule has 1 fully saturated rings. The molecule has 1 aliphatic rings. The predicted molar refractivity (Wildman–Crippen MR) is 161 cm³/mol. The summed E-state index contributed by atoms with van der Waals surface area (Å²) in [5.74, 6) is 0.236. The van der Waals surface area contributed by atoms with Crippen LogP contribution >= 0.6 is 11.8 Å². The second-order valence-corrected chi connectivity index (χ2v) is 13.4. The van der Waals surface area contributed by atoms with E-state index in [1.54, 1.807) is 37.4 Å². The summed E-state index contributed by atoms with van der Waals surface area (Å²) in [6.45, 7) is 15.5. The van der Waals surface area contributed by atoms with Gasteiger partial charge >= 0.3 is 6.09 Å². The Morgan fingerprint density at radius 2 is 1.69 bits per heavy atom. The third-order valence-electron chi connectivity index (χ3n) is 7.66. The van der Waals surface area contributed by atoms with Gasteiger partial charge in [-0.05, 0) is 103 Å². The van der Waals surface area contributed by atoms with Crippen LogP contribution in [0.1, 0.15) is 109 Å². The third-order valence-corrected chi connectivity index (χ3v) is 8.30. The lowest BCUT2D eigenvalue weighted by Crippen LogP contribution is -2.60. The Balaban J connectivity index is 2.58. The van der Waals surface area contributed by atoms with E-state index in [1.165, 1.54) is 6.42 Å². The summed E-state index contributed by atoms with van der Waals surface area (Å²) < 4.78 is 5.51. The van der Waals surface area contributed by atoms with Crippen LogP contribution in [0.15, 0.2) is 18.2 Å². The second-order valence-electron chi connectivity index (χ2n) is 12.4. The minimum Gasteiger partial charge on any atom is -0.444 e. The van der Waals surface area contributed by atoms with Gasteiger partial charge in [0.2, 0.25) is 11.8 Å². The summed E-state index contributed by atoms with van der Waals surface area (Å²) in [5.41, 5.74) is 1.62. The summed E-state index contributed by atoms with van der Waals surface area (Å²) >= 11 is 1.61. The highest BCUT2D eigenvalue weighted by Crippen LogP contribution is 2.34. The van der Waals surface area contributed by atoms with Crippen LogP contribution in [-0.2, 0) is 14.3 Å². The molecule has 0 saturated heterocycles. The predicted octanol–water partition coefficient (Wildman–Crippen LogP) is 6.46. The molecule has 3 amide bonds. The number of hydrogen-bond acceptors (Lipinski definition) is 5. The van der Waals surface area contributed by atoms with Crippen molar-refractivity contribution >= 4 is 29.7 Å².